The number of rotatable bonds is 9. The van der Waals surface area contributed by atoms with E-state index in [0.717, 1.165) is 38.3 Å². The first kappa shape index (κ1) is 22.3. The molecule has 2 aliphatic rings. The number of aryl methyl sites for hydroxylation is 1. The van der Waals surface area contributed by atoms with E-state index in [-0.39, 0.29) is 0 Å². The Bertz CT molecular complexity index is 809. The lowest BCUT2D eigenvalue weighted by atomic mass is 9.91. The van der Waals surface area contributed by atoms with Crippen molar-refractivity contribution in [2.75, 3.05) is 26.8 Å². The number of nitrogens with zero attached hydrogens (tertiary/aromatic N) is 1. The minimum atomic E-state index is 0.338. The molecule has 0 spiro atoms. The molecule has 4 rings (SSSR count). The highest BCUT2D eigenvalue weighted by atomic mass is 16.5. The molecule has 1 aliphatic carbocycles. The van der Waals surface area contributed by atoms with Crippen molar-refractivity contribution < 1.29 is 14.2 Å². The van der Waals surface area contributed by atoms with Crippen molar-refractivity contribution in [1.29, 1.82) is 0 Å². The monoisotopic (exact) mass is 423 g/mol. The zero-order valence-corrected chi connectivity index (χ0v) is 19.1. The molecule has 0 amide bonds. The lowest BCUT2D eigenvalue weighted by Crippen LogP contribution is -2.46. The highest BCUT2D eigenvalue weighted by molar-refractivity contribution is 5.36. The average molecular weight is 424 g/mol. The summed E-state index contributed by atoms with van der Waals surface area (Å²) in [6.45, 7) is 5.76. The van der Waals surface area contributed by atoms with Gasteiger partial charge >= 0.3 is 0 Å². The number of benzene rings is 2. The topological polar surface area (TPSA) is 30.9 Å². The van der Waals surface area contributed by atoms with E-state index in [4.69, 9.17) is 14.2 Å². The van der Waals surface area contributed by atoms with Crippen LogP contribution < -0.4 is 4.74 Å². The summed E-state index contributed by atoms with van der Waals surface area (Å²) in [6, 6.07) is 17.5. The first-order valence-electron chi connectivity index (χ1n) is 11.9. The molecule has 1 saturated carbocycles. The van der Waals surface area contributed by atoms with Crippen LogP contribution in [0.15, 0.2) is 48.5 Å². The van der Waals surface area contributed by atoms with Crippen LogP contribution in [0.3, 0.4) is 0 Å². The largest absolute Gasteiger partial charge is 0.496 e. The number of hydrogen-bond donors (Lipinski definition) is 0. The van der Waals surface area contributed by atoms with Gasteiger partial charge in [0.25, 0.3) is 0 Å². The molecule has 4 heteroatoms. The Labute approximate surface area is 187 Å². The van der Waals surface area contributed by atoms with Crippen molar-refractivity contribution in [1.82, 2.24) is 4.90 Å². The van der Waals surface area contributed by atoms with Gasteiger partial charge in [0.15, 0.2) is 0 Å². The lowest BCUT2D eigenvalue weighted by molar-refractivity contribution is -0.0352. The van der Waals surface area contributed by atoms with Crippen molar-refractivity contribution >= 4 is 0 Å². The minimum Gasteiger partial charge on any atom is -0.496 e. The molecule has 0 aromatic heterocycles. The molecule has 1 saturated heterocycles. The second-order valence-corrected chi connectivity index (χ2v) is 9.02. The molecule has 0 N–H and O–H groups in total. The van der Waals surface area contributed by atoms with Crippen LogP contribution in [-0.4, -0.2) is 50.0 Å². The molecule has 1 aliphatic heterocycles. The molecule has 168 valence electrons. The number of methoxy groups -OCH3 is 1. The predicted octanol–water partition coefficient (Wildman–Crippen LogP) is 5.17. The van der Waals surface area contributed by atoms with Gasteiger partial charge in [-0.1, -0.05) is 55.3 Å². The zero-order valence-electron chi connectivity index (χ0n) is 19.1. The van der Waals surface area contributed by atoms with Crippen molar-refractivity contribution in [3.05, 3.63) is 65.2 Å². The summed E-state index contributed by atoms with van der Waals surface area (Å²) < 4.78 is 18.1. The fourth-order valence-corrected chi connectivity index (χ4v) is 5.09. The fourth-order valence-electron chi connectivity index (χ4n) is 5.09. The molecule has 2 fully saturated rings. The van der Waals surface area contributed by atoms with Gasteiger partial charge in [0.05, 0.1) is 32.5 Å². The molecule has 2 aromatic rings. The van der Waals surface area contributed by atoms with E-state index in [1.165, 1.54) is 42.4 Å². The Morgan fingerprint density at radius 3 is 2.58 bits per heavy atom. The van der Waals surface area contributed by atoms with Crippen LogP contribution in [0.1, 0.15) is 48.8 Å². The van der Waals surface area contributed by atoms with Gasteiger partial charge in [-0.2, -0.15) is 0 Å². The Balaban J connectivity index is 1.25. The highest BCUT2D eigenvalue weighted by Crippen LogP contribution is 2.29. The molecule has 3 atom stereocenters. The van der Waals surface area contributed by atoms with Crippen LogP contribution in [0.5, 0.6) is 5.75 Å². The smallest absolute Gasteiger partial charge is 0.121 e. The second-order valence-electron chi connectivity index (χ2n) is 9.02. The predicted molar refractivity (Wildman–Crippen MR) is 125 cm³/mol. The third kappa shape index (κ3) is 6.09. The molecular weight excluding hydrogens is 386 g/mol. The molecule has 1 heterocycles. The first-order valence-corrected chi connectivity index (χ1v) is 11.9. The van der Waals surface area contributed by atoms with Crippen LogP contribution >= 0.6 is 0 Å². The fraction of sp³-hybridized carbons (Fsp3) is 0.556. The summed E-state index contributed by atoms with van der Waals surface area (Å²) in [7, 11) is 1.73. The first-order chi connectivity index (χ1) is 15.2. The van der Waals surface area contributed by atoms with Crippen LogP contribution in [0.4, 0.5) is 0 Å². The van der Waals surface area contributed by atoms with Crippen LogP contribution in [-0.2, 0) is 22.5 Å². The highest BCUT2D eigenvalue weighted by Gasteiger charge is 2.35. The maximum atomic E-state index is 6.46. The van der Waals surface area contributed by atoms with Crippen LogP contribution in [0.2, 0.25) is 0 Å². The van der Waals surface area contributed by atoms with Crippen molar-refractivity contribution in [3.8, 4) is 5.75 Å². The second kappa shape index (κ2) is 11.1. The van der Waals surface area contributed by atoms with Crippen molar-refractivity contribution in [2.45, 2.75) is 70.3 Å². The van der Waals surface area contributed by atoms with E-state index in [9.17, 15) is 0 Å². The Morgan fingerprint density at radius 2 is 1.77 bits per heavy atom. The van der Waals surface area contributed by atoms with E-state index in [2.05, 4.69) is 60.4 Å². The molecule has 31 heavy (non-hydrogen) atoms. The molecule has 0 bridgehead atoms. The van der Waals surface area contributed by atoms with Gasteiger partial charge in [0.1, 0.15) is 5.75 Å². The number of hydrogen-bond acceptors (Lipinski definition) is 4. The number of ether oxygens (including phenoxy) is 3. The molecule has 0 unspecified atom stereocenters. The summed E-state index contributed by atoms with van der Waals surface area (Å²) in [5, 5.41) is 0. The maximum absolute atomic E-state index is 6.46. The van der Waals surface area contributed by atoms with E-state index >= 15 is 0 Å². The molecule has 4 nitrogen and oxygen atoms in total. The molecular formula is C27H37NO3. The van der Waals surface area contributed by atoms with Crippen molar-refractivity contribution in [3.63, 3.8) is 0 Å². The van der Waals surface area contributed by atoms with Crippen LogP contribution in [0, 0.1) is 6.92 Å². The van der Waals surface area contributed by atoms with Gasteiger partial charge in [0.2, 0.25) is 0 Å². The quantitative estimate of drug-likeness (QED) is 0.557. The lowest BCUT2D eigenvalue weighted by Gasteiger charge is -2.38. The van der Waals surface area contributed by atoms with E-state index in [1.54, 1.807) is 7.11 Å². The normalized spacial score (nSPS) is 24.4. The summed E-state index contributed by atoms with van der Waals surface area (Å²) >= 11 is 0. The average Bonchev–Trinajstić information content (AvgIpc) is 3.28. The zero-order chi connectivity index (χ0) is 21.5. The standard InChI is InChI=1S/C27H37NO3/c1-21-18-22(12-13-26(21)29-2)15-17-30-27-11-7-6-10-25(27)28-16-14-24(19-28)31-20-23-8-4-3-5-9-23/h3-5,8-9,12-13,18,24-25,27H,6-7,10-11,14-17,19-20H2,1-2H3/t24-,25+,27+/m1/s1. The van der Waals surface area contributed by atoms with E-state index in [0.29, 0.717) is 24.9 Å². The van der Waals surface area contributed by atoms with Gasteiger partial charge in [-0.25, -0.2) is 0 Å². The van der Waals surface area contributed by atoms with E-state index in [1.807, 2.05) is 0 Å². The molecule has 0 radical (unpaired) electrons. The summed E-state index contributed by atoms with van der Waals surface area (Å²) in [5.74, 6) is 0.954. The van der Waals surface area contributed by atoms with Gasteiger partial charge < -0.3 is 14.2 Å². The Hall–Kier alpha value is -1.88. The SMILES string of the molecule is COc1ccc(CCO[C@H]2CCCC[C@@H]2N2CC[C@@H](OCc3ccccc3)C2)cc1C. The van der Waals surface area contributed by atoms with E-state index < -0.39 is 0 Å². The third-order valence-corrected chi connectivity index (χ3v) is 6.82. The maximum Gasteiger partial charge on any atom is 0.121 e. The summed E-state index contributed by atoms with van der Waals surface area (Å²) in [5.41, 5.74) is 3.77. The Kier molecular flexibility index (Phi) is 8.01. The van der Waals surface area contributed by atoms with Gasteiger partial charge in [-0.3, -0.25) is 4.90 Å². The van der Waals surface area contributed by atoms with Crippen LogP contribution in [0.25, 0.3) is 0 Å². The summed E-state index contributed by atoms with van der Waals surface area (Å²) in [6.07, 6.45) is 7.79. The van der Waals surface area contributed by atoms with Gasteiger partial charge in [0, 0.05) is 19.1 Å². The minimum absolute atomic E-state index is 0.338. The third-order valence-electron chi connectivity index (χ3n) is 6.82. The number of likely N-dealkylation sites (tertiary alicyclic amines) is 1. The Morgan fingerprint density at radius 1 is 0.935 bits per heavy atom. The summed E-state index contributed by atoms with van der Waals surface area (Å²) in [4.78, 5) is 2.64. The van der Waals surface area contributed by atoms with Crippen molar-refractivity contribution in [2.24, 2.45) is 0 Å². The molecule has 2 aromatic carbocycles. The van der Waals surface area contributed by atoms with Gasteiger partial charge in [-0.05, 0) is 55.4 Å². The van der Waals surface area contributed by atoms with Gasteiger partial charge in [-0.15, -0.1) is 0 Å².